The van der Waals surface area contributed by atoms with Crippen LogP contribution in [0.5, 0.6) is 11.5 Å². The number of aliphatic hydroxyl groups excluding tert-OH is 1. The van der Waals surface area contributed by atoms with E-state index in [0.717, 1.165) is 6.07 Å². The highest BCUT2D eigenvalue weighted by Crippen LogP contribution is 2.38. The SMILES string of the molecule is COc1cc(CO)c(C(F)(F)F)cc1O. The number of alkyl halides is 3. The van der Waals surface area contributed by atoms with Gasteiger partial charge < -0.3 is 14.9 Å². The molecule has 2 N–H and O–H groups in total. The Balaban J connectivity index is 3.34. The fraction of sp³-hybridized carbons (Fsp3) is 0.333. The average Bonchev–Trinajstić information content (AvgIpc) is 2.16. The number of phenolic OH excluding ortho intramolecular Hbond substituents is 1. The van der Waals surface area contributed by atoms with E-state index in [9.17, 15) is 13.2 Å². The van der Waals surface area contributed by atoms with Gasteiger partial charge >= 0.3 is 6.18 Å². The molecule has 0 atom stereocenters. The summed E-state index contributed by atoms with van der Waals surface area (Å²) in [6, 6.07) is 1.49. The van der Waals surface area contributed by atoms with Gasteiger partial charge in [-0.15, -0.1) is 0 Å². The quantitative estimate of drug-likeness (QED) is 0.803. The summed E-state index contributed by atoms with van der Waals surface area (Å²) in [4.78, 5) is 0. The van der Waals surface area contributed by atoms with Crippen LogP contribution in [-0.2, 0) is 12.8 Å². The summed E-state index contributed by atoms with van der Waals surface area (Å²) in [5.41, 5.74) is -1.40. The van der Waals surface area contributed by atoms with Crippen LogP contribution in [0.4, 0.5) is 13.2 Å². The highest BCUT2D eigenvalue weighted by molar-refractivity contribution is 5.47. The van der Waals surface area contributed by atoms with Gasteiger partial charge in [0, 0.05) is 0 Å². The van der Waals surface area contributed by atoms with E-state index in [0.29, 0.717) is 6.07 Å². The summed E-state index contributed by atoms with van der Waals surface area (Å²) < 4.78 is 41.8. The molecule has 0 aliphatic rings. The number of benzene rings is 1. The third kappa shape index (κ3) is 2.33. The van der Waals surface area contributed by atoms with E-state index < -0.39 is 24.1 Å². The van der Waals surface area contributed by atoms with E-state index in [2.05, 4.69) is 4.74 Å². The molecule has 0 saturated carbocycles. The van der Waals surface area contributed by atoms with Gasteiger partial charge in [-0.1, -0.05) is 0 Å². The fourth-order valence-electron chi connectivity index (χ4n) is 1.17. The molecule has 0 saturated heterocycles. The van der Waals surface area contributed by atoms with Crippen molar-refractivity contribution in [1.29, 1.82) is 0 Å². The first-order valence-corrected chi connectivity index (χ1v) is 3.98. The predicted molar refractivity (Wildman–Crippen MR) is 45.6 cm³/mol. The minimum Gasteiger partial charge on any atom is -0.504 e. The summed E-state index contributed by atoms with van der Waals surface area (Å²) in [5, 5.41) is 17.9. The Hall–Kier alpha value is -1.43. The Bertz CT molecular complexity index is 360. The van der Waals surface area contributed by atoms with Gasteiger partial charge in [-0.3, -0.25) is 0 Å². The average molecular weight is 222 g/mol. The van der Waals surface area contributed by atoms with Crippen LogP contribution in [0, 0.1) is 0 Å². The first kappa shape index (κ1) is 11.6. The van der Waals surface area contributed by atoms with Crippen LogP contribution in [0.3, 0.4) is 0 Å². The Labute approximate surface area is 83.7 Å². The lowest BCUT2D eigenvalue weighted by Gasteiger charge is -2.13. The van der Waals surface area contributed by atoms with Crippen molar-refractivity contribution < 1.29 is 28.1 Å². The monoisotopic (exact) mass is 222 g/mol. The van der Waals surface area contributed by atoms with E-state index in [1.807, 2.05) is 0 Å². The van der Waals surface area contributed by atoms with E-state index in [1.165, 1.54) is 7.11 Å². The minimum atomic E-state index is -4.61. The third-order valence-corrected chi connectivity index (χ3v) is 1.88. The second-order valence-corrected chi connectivity index (χ2v) is 2.84. The second kappa shape index (κ2) is 3.98. The molecule has 0 aliphatic carbocycles. The smallest absolute Gasteiger partial charge is 0.416 e. The Morgan fingerprint density at radius 1 is 1.33 bits per heavy atom. The number of phenols is 1. The topological polar surface area (TPSA) is 49.7 Å². The number of hydrogen-bond acceptors (Lipinski definition) is 3. The van der Waals surface area contributed by atoms with Crippen molar-refractivity contribution in [3.8, 4) is 11.5 Å². The molecule has 0 unspecified atom stereocenters. The number of rotatable bonds is 2. The first-order chi connectivity index (χ1) is 6.90. The third-order valence-electron chi connectivity index (χ3n) is 1.88. The lowest BCUT2D eigenvalue weighted by molar-refractivity contribution is -0.138. The highest BCUT2D eigenvalue weighted by atomic mass is 19.4. The molecule has 3 nitrogen and oxygen atoms in total. The van der Waals surface area contributed by atoms with Gasteiger partial charge in [-0.25, -0.2) is 0 Å². The molecule has 84 valence electrons. The molecule has 0 bridgehead atoms. The highest BCUT2D eigenvalue weighted by Gasteiger charge is 2.34. The molecular weight excluding hydrogens is 213 g/mol. The van der Waals surface area contributed by atoms with Crippen molar-refractivity contribution >= 4 is 0 Å². The number of hydrogen-bond donors (Lipinski definition) is 2. The number of aliphatic hydroxyl groups is 1. The molecule has 0 spiro atoms. The van der Waals surface area contributed by atoms with E-state index in [-0.39, 0.29) is 11.3 Å². The standard InChI is InChI=1S/C9H9F3O3/c1-15-8-2-5(4-13)6(3-7(8)14)9(10,11)12/h2-3,13-14H,4H2,1H3. The maximum Gasteiger partial charge on any atom is 0.416 e. The van der Waals surface area contributed by atoms with Crippen molar-refractivity contribution in [1.82, 2.24) is 0 Å². The summed E-state index contributed by atoms with van der Waals surface area (Å²) in [5.74, 6) is -0.714. The van der Waals surface area contributed by atoms with Gasteiger partial charge in [-0.05, 0) is 17.7 Å². The molecule has 1 aromatic carbocycles. The lowest BCUT2D eigenvalue weighted by Crippen LogP contribution is -2.09. The first-order valence-electron chi connectivity index (χ1n) is 3.98. The van der Waals surface area contributed by atoms with Gasteiger partial charge in [0.05, 0.1) is 19.3 Å². The number of methoxy groups -OCH3 is 1. The van der Waals surface area contributed by atoms with Gasteiger partial charge in [-0.2, -0.15) is 13.2 Å². The molecular formula is C9H9F3O3. The molecule has 15 heavy (non-hydrogen) atoms. The number of aromatic hydroxyl groups is 1. The van der Waals surface area contributed by atoms with E-state index >= 15 is 0 Å². The molecule has 0 amide bonds. The minimum absolute atomic E-state index is 0.105. The van der Waals surface area contributed by atoms with Gasteiger partial charge in [0.15, 0.2) is 11.5 Å². The Kier molecular flexibility index (Phi) is 3.09. The van der Waals surface area contributed by atoms with Gasteiger partial charge in [0.25, 0.3) is 0 Å². The molecule has 1 aromatic rings. The Morgan fingerprint density at radius 2 is 1.93 bits per heavy atom. The van der Waals surface area contributed by atoms with Crippen molar-refractivity contribution in [2.75, 3.05) is 7.11 Å². The van der Waals surface area contributed by atoms with Gasteiger partial charge in [0.2, 0.25) is 0 Å². The zero-order chi connectivity index (χ0) is 11.6. The maximum absolute atomic E-state index is 12.4. The summed E-state index contributed by atoms with van der Waals surface area (Å²) in [6.45, 7) is -0.772. The number of halogens is 3. The molecule has 0 aliphatic heterocycles. The molecule has 0 radical (unpaired) electrons. The largest absolute Gasteiger partial charge is 0.504 e. The number of ether oxygens (including phenoxy) is 1. The van der Waals surface area contributed by atoms with Crippen molar-refractivity contribution in [2.24, 2.45) is 0 Å². The van der Waals surface area contributed by atoms with Crippen LogP contribution in [0.2, 0.25) is 0 Å². The van der Waals surface area contributed by atoms with Crippen molar-refractivity contribution in [3.63, 3.8) is 0 Å². The van der Waals surface area contributed by atoms with Crippen LogP contribution in [0.15, 0.2) is 12.1 Å². The zero-order valence-electron chi connectivity index (χ0n) is 7.80. The molecule has 0 aromatic heterocycles. The lowest BCUT2D eigenvalue weighted by atomic mass is 10.1. The fourth-order valence-corrected chi connectivity index (χ4v) is 1.17. The van der Waals surface area contributed by atoms with Crippen molar-refractivity contribution in [2.45, 2.75) is 12.8 Å². The van der Waals surface area contributed by atoms with Crippen LogP contribution in [0.25, 0.3) is 0 Å². The zero-order valence-corrected chi connectivity index (χ0v) is 7.80. The van der Waals surface area contributed by atoms with E-state index in [4.69, 9.17) is 10.2 Å². The normalized spacial score (nSPS) is 11.5. The van der Waals surface area contributed by atoms with Crippen LogP contribution >= 0.6 is 0 Å². The molecule has 6 heteroatoms. The molecule has 0 fully saturated rings. The Morgan fingerprint density at radius 3 is 2.33 bits per heavy atom. The van der Waals surface area contributed by atoms with E-state index in [1.54, 1.807) is 0 Å². The summed E-state index contributed by atoms with van der Waals surface area (Å²) in [6.07, 6.45) is -4.61. The van der Waals surface area contributed by atoms with Crippen molar-refractivity contribution in [3.05, 3.63) is 23.3 Å². The molecule has 1 rings (SSSR count). The van der Waals surface area contributed by atoms with Crippen LogP contribution < -0.4 is 4.74 Å². The second-order valence-electron chi connectivity index (χ2n) is 2.84. The summed E-state index contributed by atoms with van der Waals surface area (Å²) in [7, 11) is 1.21. The maximum atomic E-state index is 12.4. The predicted octanol–water partition coefficient (Wildman–Crippen LogP) is 1.91. The van der Waals surface area contributed by atoms with Crippen LogP contribution in [0.1, 0.15) is 11.1 Å². The van der Waals surface area contributed by atoms with Gasteiger partial charge in [0.1, 0.15) is 0 Å². The molecule has 0 heterocycles. The van der Waals surface area contributed by atoms with Crippen LogP contribution in [-0.4, -0.2) is 17.3 Å². The summed E-state index contributed by atoms with van der Waals surface area (Å²) >= 11 is 0.